The van der Waals surface area contributed by atoms with Crippen molar-refractivity contribution in [3.63, 3.8) is 0 Å². The lowest BCUT2D eigenvalue weighted by Crippen LogP contribution is -2.50. The fraction of sp³-hybridized carbons (Fsp3) is 0.458. The number of methoxy groups -OCH3 is 1. The Morgan fingerprint density at radius 3 is 2.43 bits per heavy atom. The first-order valence-corrected chi connectivity index (χ1v) is 10.8. The molecule has 0 spiro atoms. The predicted molar refractivity (Wildman–Crippen MR) is 121 cm³/mol. The number of nitrogens with one attached hydrogen (secondary N) is 1. The van der Waals surface area contributed by atoms with E-state index in [9.17, 15) is 5.26 Å². The van der Waals surface area contributed by atoms with Crippen LogP contribution in [-0.4, -0.2) is 63.9 Å². The van der Waals surface area contributed by atoms with Crippen LogP contribution in [0.3, 0.4) is 0 Å². The highest BCUT2D eigenvalue weighted by molar-refractivity contribution is 5.55. The van der Waals surface area contributed by atoms with Gasteiger partial charge in [-0.25, -0.2) is 0 Å². The van der Waals surface area contributed by atoms with Gasteiger partial charge in [0.05, 0.1) is 18.7 Å². The Hall–Kier alpha value is -2.75. The fourth-order valence-corrected chi connectivity index (χ4v) is 4.42. The fourth-order valence-electron chi connectivity index (χ4n) is 4.42. The third-order valence-corrected chi connectivity index (χ3v) is 6.25. The number of hydrogen-bond donors (Lipinski definition) is 1. The topological polar surface area (TPSA) is 54.8 Å². The van der Waals surface area contributed by atoms with Crippen LogP contribution in [0.25, 0.3) is 0 Å². The van der Waals surface area contributed by atoms with Crippen molar-refractivity contribution in [1.29, 1.82) is 5.26 Å². The minimum atomic E-state index is 0.465. The van der Waals surface area contributed by atoms with Crippen molar-refractivity contribution in [3.05, 3.63) is 53.6 Å². The largest absolute Gasteiger partial charge is 0.497 e. The molecule has 2 saturated heterocycles. The van der Waals surface area contributed by atoms with Crippen molar-refractivity contribution in [2.24, 2.45) is 0 Å². The molecule has 1 atom stereocenters. The highest BCUT2D eigenvalue weighted by Crippen LogP contribution is 2.25. The first-order chi connectivity index (χ1) is 14.7. The van der Waals surface area contributed by atoms with Gasteiger partial charge < -0.3 is 19.9 Å². The van der Waals surface area contributed by atoms with Crippen LogP contribution in [0.5, 0.6) is 5.75 Å². The molecule has 0 radical (unpaired) electrons. The molecule has 0 aliphatic carbocycles. The normalized spacial score (nSPS) is 20.1. The third-order valence-electron chi connectivity index (χ3n) is 6.25. The lowest BCUT2D eigenvalue weighted by molar-refractivity contribution is 0.249. The molecule has 0 bridgehead atoms. The number of nitriles is 1. The monoisotopic (exact) mass is 405 g/mol. The molecule has 1 N–H and O–H groups in total. The minimum Gasteiger partial charge on any atom is -0.497 e. The molecule has 1 unspecified atom stereocenters. The highest BCUT2D eigenvalue weighted by Gasteiger charge is 2.21. The average molecular weight is 406 g/mol. The van der Waals surface area contributed by atoms with Gasteiger partial charge in [-0.3, -0.25) is 4.90 Å². The number of piperazine rings is 2. The van der Waals surface area contributed by atoms with Crippen LogP contribution in [0, 0.1) is 11.3 Å². The van der Waals surface area contributed by atoms with E-state index < -0.39 is 0 Å². The molecule has 4 rings (SSSR count). The summed E-state index contributed by atoms with van der Waals surface area (Å²) in [6.45, 7) is 10.1. The number of hydrogen-bond acceptors (Lipinski definition) is 6. The van der Waals surface area contributed by atoms with E-state index in [1.165, 1.54) is 11.4 Å². The summed E-state index contributed by atoms with van der Waals surface area (Å²) < 4.78 is 5.26. The molecule has 2 aromatic carbocycles. The Kier molecular flexibility index (Phi) is 6.41. The Morgan fingerprint density at radius 1 is 1.03 bits per heavy atom. The standard InChI is InChI=1S/C24H31N5O/c1-19-17-26-9-10-29(19)23-4-3-20(16-25)21(15-23)18-27-11-13-28(14-12-27)22-5-7-24(30-2)8-6-22/h3-8,15,19,26H,9-14,17-18H2,1-2H3. The van der Waals surface area contributed by atoms with Crippen molar-refractivity contribution in [2.75, 3.05) is 62.7 Å². The molecule has 0 amide bonds. The van der Waals surface area contributed by atoms with E-state index in [0.717, 1.165) is 69.2 Å². The summed E-state index contributed by atoms with van der Waals surface area (Å²) in [6.07, 6.45) is 0. The molecule has 2 aliphatic heterocycles. The second-order valence-electron chi connectivity index (χ2n) is 8.16. The zero-order valence-corrected chi connectivity index (χ0v) is 18.0. The van der Waals surface area contributed by atoms with Gasteiger partial charge in [-0.15, -0.1) is 0 Å². The molecule has 2 aromatic rings. The van der Waals surface area contributed by atoms with Crippen LogP contribution in [0.2, 0.25) is 0 Å². The van der Waals surface area contributed by atoms with Crippen molar-refractivity contribution in [3.8, 4) is 11.8 Å². The van der Waals surface area contributed by atoms with Gasteiger partial charge in [0.1, 0.15) is 5.75 Å². The van der Waals surface area contributed by atoms with E-state index in [2.05, 4.69) is 57.3 Å². The Balaban J connectivity index is 1.41. The van der Waals surface area contributed by atoms with Gasteiger partial charge in [0, 0.05) is 69.8 Å². The maximum Gasteiger partial charge on any atom is 0.119 e. The van der Waals surface area contributed by atoms with E-state index in [4.69, 9.17) is 4.74 Å². The number of anilines is 2. The molecular weight excluding hydrogens is 374 g/mol. The maximum absolute atomic E-state index is 9.62. The number of rotatable bonds is 5. The SMILES string of the molecule is COc1ccc(N2CCN(Cc3cc(N4CCNCC4C)ccc3C#N)CC2)cc1. The first-order valence-electron chi connectivity index (χ1n) is 10.8. The van der Waals surface area contributed by atoms with Gasteiger partial charge >= 0.3 is 0 Å². The molecule has 2 heterocycles. The maximum atomic E-state index is 9.62. The summed E-state index contributed by atoms with van der Waals surface area (Å²) in [5, 5.41) is 13.1. The second-order valence-corrected chi connectivity index (χ2v) is 8.16. The highest BCUT2D eigenvalue weighted by atomic mass is 16.5. The third kappa shape index (κ3) is 4.53. The van der Waals surface area contributed by atoms with Crippen LogP contribution < -0.4 is 19.9 Å². The molecular formula is C24H31N5O. The lowest BCUT2D eigenvalue weighted by Gasteiger charge is -2.37. The molecule has 0 aromatic heterocycles. The van der Waals surface area contributed by atoms with Crippen LogP contribution in [0.4, 0.5) is 11.4 Å². The number of benzene rings is 2. The Bertz CT molecular complexity index is 883. The molecule has 2 fully saturated rings. The minimum absolute atomic E-state index is 0.465. The van der Waals surface area contributed by atoms with E-state index >= 15 is 0 Å². The predicted octanol–water partition coefficient (Wildman–Crippen LogP) is 2.69. The van der Waals surface area contributed by atoms with Crippen molar-refractivity contribution in [1.82, 2.24) is 10.2 Å². The zero-order valence-electron chi connectivity index (χ0n) is 18.0. The molecule has 2 aliphatic rings. The number of ether oxygens (including phenoxy) is 1. The van der Waals surface area contributed by atoms with Gasteiger partial charge in [0.2, 0.25) is 0 Å². The molecule has 6 heteroatoms. The van der Waals surface area contributed by atoms with Crippen LogP contribution in [-0.2, 0) is 6.54 Å². The first kappa shape index (κ1) is 20.5. The summed E-state index contributed by atoms with van der Waals surface area (Å²) in [6, 6.07) is 17.5. The lowest BCUT2D eigenvalue weighted by atomic mass is 10.0. The molecule has 6 nitrogen and oxygen atoms in total. The average Bonchev–Trinajstić information content (AvgIpc) is 2.80. The molecule has 158 valence electrons. The summed E-state index contributed by atoms with van der Waals surface area (Å²) >= 11 is 0. The van der Waals surface area contributed by atoms with E-state index in [1.807, 2.05) is 18.2 Å². The number of nitrogens with zero attached hydrogens (tertiary/aromatic N) is 4. The van der Waals surface area contributed by atoms with Crippen molar-refractivity contribution in [2.45, 2.75) is 19.5 Å². The van der Waals surface area contributed by atoms with Gasteiger partial charge in [-0.1, -0.05) is 0 Å². The van der Waals surface area contributed by atoms with Gasteiger partial charge in [0.25, 0.3) is 0 Å². The van der Waals surface area contributed by atoms with Crippen LogP contribution in [0.1, 0.15) is 18.1 Å². The van der Waals surface area contributed by atoms with Gasteiger partial charge in [0.15, 0.2) is 0 Å². The van der Waals surface area contributed by atoms with Crippen LogP contribution in [0.15, 0.2) is 42.5 Å². The van der Waals surface area contributed by atoms with E-state index in [1.54, 1.807) is 7.11 Å². The summed E-state index contributed by atoms with van der Waals surface area (Å²) in [7, 11) is 1.70. The summed E-state index contributed by atoms with van der Waals surface area (Å²) in [5.74, 6) is 0.889. The van der Waals surface area contributed by atoms with Crippen molar-refractivity contribution >= 4 is 11.4 Å². The zero-order chi connectivity index (χ0) is 20.9. The van der Waals surface area contributed by atoms with Crippen LogP contribution >= 0.6 is 0 Å². The van der Waals surface area contributed by atoms with E-state index in [0.29, 0.717) is 6.04 Å². The summed E-state index contributed by atoms with van der Waals surface area (Å²) in [4.78, 5) is 7.32. The molecule has 30 heavy (non-hydrogen) atoms. The van der Waals surface area contributed by atoms with Crippen molar-refractivity contribution < 1.29 is 4.74 Å². The second kappa shape index (κ2) is 9.38. The Morgan fingerprint density at radius 2 is 1.77 bits per heavy atom. The Labute approximate surface area is 179 Å². The van der Waals surface area contributed by atoms with E-state index in [-0.39, 0.29) is 0 Å². The van der Waals surface area contributed by atoms with Gasteiger partial charge in [-0.05, 0) is 55.0 Å². The molecule has 0 saturated carbocycles. The van der Waals surface area contributed by atoms with Gasteiger partial charge in [-0.2, -0.15) is 5.26 Å². The quantitative estimate of drug-likeness (QED) is 0.826. The summed E-state index contributed by atoms with van der Waals surface area (Å²) in [5.41, 5.74) is 4.40. The smallest absolute Gasteiger partial charge is 0.119 e.